The number of carbonyl (C=O) groups excluding carboxylic acids is 1. The normalized spacial score (nSPS) is 27.0. The molecule has 0 aliphatic carbocycles. The number of likely N-dealkylation sites (tertiary alicyclic amines) is 2. The summed E-state index contributed by atoms with van der Waals surface area (Å²) in [6, 6.07) is 18.3. The highest BCUT2D eigenvalue weighted by Gasteiger charge is 2.49. The maximum Gasteiger partial charge on any atom is 0.219 e. The van der Waals surface area contributed by atoms with Crippen molar-refractivity contribution in [2.75, 3.05) is 37.6 Å². The van der Waals surface area contributed by atoms with E-state index in [-0.39, 0.29) is 11.9 Å². The number of aryl methyl sites for hydroxylation is 2. The Kier molecular flexibility index (Phi) is 5.51. The van der Waals surface area contributed by atoms with Crippen molar-refractivity contribution in [2.24, 2.45) is 11.8 Å². The predicted molar refractivity (Wildman–Crippen MR) is 126 cm³/mol. The van der Waals surface area contributed by atoms with Gasteiger partial charge in [-0.05, 0) is 55.4 Å². The predicted octanol–water partition coefficient (Wildman–Crippen LogP) is 4.42. The molecule has 5 rings (SSSR count). The summed E-state index contributed by atoms with van der Waals surface area (Å²) in [6.45, 7) is 11.6. The number of nitrogens with zero attached hydrogens (tertiary/aromatic N) is 3. The van der Waals surface area contributed by atoms with E-state index < -0.39 is 0 Å². The van der Waals surface area contributed by atoms with E-state index in [1.807, 2.05) is 0 Å². The summed E-state index contributed by atoms with van der Waals surface area (Å²) >= 11 is 0. The third-order valence-electron chi connectivity index (χ3n) is 8.04. The molecule has 1 amide bonds. The Hall–Kier alpha value is -2.33. The van der Waals surface area contributed by atoms with Crippen molar-refractivity contribution in [2.45, 2.75) is 45.7 Å². The van der Waals surface area contributed by atoms with E-state index in [9.17, 15) is 4.79 Å². The van der Waals surface area contributed by atoms with Crippen molar-refractivity contribution in [3.63, 3.8) is 0 Å². The topological polar surface area (TPSA) is 26.8 Å². The second-order valence-electron chi connectivity index (χ2n) is 9.86. The first kappa shape index (κ1) is 20.6. The largest absolute Gasteiger partial charge is 0.371 e. The van der Waals surface area contributed by atoms with Crippen LogP contribution in [0.25, 0.3) is 0 Å². The van der Waals surface area contributed by atoms with Crippen LogP contribution in [0.1, 0.15) is 42.5 Å². The molecule has 3 heterocycles. The molecular weight excluding hydrogens is 382 g/mol. The van der Waals surface area contributed by atoms with Gasteiger partial charge in [0.15, 0.2) is 0 Å². The van der Waals surface area contributed by atoms with E-state index in [0.29, 0.717) is 17.9 Å². The quantitative estimate of drug-likeness (QED) is 0.739. The van der Waals surface area contributed by atoms with Gasteiger partial charge in [0.2, 0.25) is 5.91 Å². The number of amides is 1. The van der Waals surface area contributed by atoms with Crippen molar-refractivity contribution >= 4 is 11.6 Å². The lowest BCUT2D eigenvalue weighted by Gasteiger charge is -2.39. The van der Waals surface area contributed by atoms with Gasteiger partial charge in [-0.3, -0.25) is 9.69 Å². The molecule has 0 N–H and O–H groups in total. The number of hydrogen-bond acceptors (Lipinski definition) is 3. The van der Waals surface area contributed by atoms with E-state index in [0.717, 1.165) is 32.7 Å². The highest BCUT2D eigenvalue weighted by atomic mass is 16.2. The lowest BCUT2D eigenvalue weighted by molar-refractivity contribution is -0.130. The van der Waals surface area contributed by atoms with Crippen LogP contribution in [0.2, 0.25) is 0 Å². The van der Waals surface area contributed by atoms with Crippen molar-refractivity contribution in [1.29, 1.82) is 0 Å². The first-order valence-corrected chi connectivity index (χ1v) is 11.9. The molecular formula is C27H35N3O. The minimum atomic E-state index is 0.223. The maximum absolute atomic E-state index is 12.5. The lowest BCUT2D eigenvalue weighted by Crippen LogP contribution is -2.45. The third kappa shape index (κ3) is 3.76. The van der Waals surface area contributed by atoms with E-state index in [1.165, 1.54) is 35.2 Å². The highest BCUT2D eigenvalue weighted by Crippen LogP contribution is 2.46. The zero-order chi connectivity index (χ0) is 21.5. The minimum absolute atomic E-state index is 0.223. The van der Waals surface area contributed by atoms with Crippen LogP contribution in [0.5, 0.6) is 0 Å². The fourth-order valence-corrected chi connectivity index (χ4v) is 6.41. The lowest BCUT2D eigenvalue weighted by atomic mass is 9.87. The van der Waals surface area contributed by atoms with Crippen LogP contribution in [0.3, 0.4) is 0 Å². The molecule has 0 spiro atoms. The maximum atomic E-state index is 12.5. The summed E-state index contributed by atoms with van der Waals surface area (Å²) < 4.78 is 0. The fraction of sp³-hybridized carbons (Fsp3) is 0.519. The second kappa shape index (κ2) is 8.31. The summed E-state index contributed by atoms with van der Waals surface area (Å²) in [5, 5.41) is 0. The highest BCUT2D eigenvalue weighted by molar-refractivity contribution is 5.74. The van der Waals surface area contributed by atoms with E-state index in [2.05, 4.69) is 77.1 Å². The Balaban J connectivity index is 1.28. The van der Waals surface area contributed by atoms with Crippen molar-refractivity contribution in [1.82, 2.24) is 9.80 Å². The molecule has 0 radical (unpaired) electrons. The zero-order valence-electron chi connectivity index (χ0n) is 19.1. The molecule has 3 saturated heterocycles. The number of piperidine rings is 1. The standard InChI is InChI=1S/C27H35N3O/c1-19-8-4-6-10-24(19)27-25-18-29(16-22(25)17-30(27)21(3)31)23-12-14-28(15-13-23)26-11-7-5-9-20(26)2/h4-11,22-23,25,27H,12-18H2,1-3H3/t22-,25-,27+/m1/s1. The van der Waals surface area contributed by atoms with Gasteiger partial charge < -0.3 is 9.80 Å². The average Bonchev–Trinajstić information content (AvgIpc) is 3.33. The van der Waals surface area contributed by atoms with Gasteiger partial charge in [-0.1, -0.05) is 42.5 Å². The number of carbonyl (C=O) groups is 1. The number of rotatable bonds is 3. The second-order valence-corrected chi connectivity index (χ2v) is 9.86. The van der Waals surface area contributed by atoms with Gasteiger partial charge in [0.1, 0.15) is 0 Å². The van der Waals surface area contributed by atoms with E-state index >= 15 is 0 Å². The number of hydrogen-bond donors (Lipinski definition) is 0. The molecule has 4 heteroatoms. The van der Waals surface area contributed by atoms with Gasteiger partial charge >= 0.3 is 0 Å². The van der Waals surface area contributed by atoms with Crippen LogP contribution in [0.4, 0.5) is 5.69 Å². The summed E-state index contributed by atoms with van der Waals surface area (Å²) in [5.74, 6) is 1.38. The number of benzene rings is 2. The smallest absolute Gasteiger partial charge is 0.219 e. The summed E-state index contributed by atoms with van der Waals surface area (Å²) in [7, 11) is 0. The Morgan fingerprint density at radius 3 is 2.23 bits per heavy atom. The van der Waals surface area contributed by atoms with Crippen molar-refractivity contribution in [3.8, 4) is 0 Å². The summed E-state index contributed by atoms with van der Waals surface area (Å²) in [5.41, 5.74) is 5.43. The molecule has 0 unspecified atom stereocenters. The SMILES string of the molecule is CC(=O)N1C[C@H]2CN(C3CCN(c4ccccc4C)CC3)C[C@H]2[C@@H]1c1ccccc1C. The summed E-state index contributed by atoms with van der Waals surface area (Å²) in [6.07, 6.45) is 2.47. The Bertz CT molecular complexity index is 949. The van der Waals surface area contributed by atoms with Gasteiger partial charge in [-0.2, -0.15) is 0 Å². The molecule has 0 bridgehead atoms. The monoisotopic (exact) mass is 417 g/mol. The molecule has 164 valence electrons. The molecule has 0 saturated carbocycles. The molecule has 4 nitrogen and oxygen atoms in total. The van der Waals surface area contributed by atoms with Crippen molar-refractivity contribution < 1.29 is 4.79 Å². The van der Waals surface area contributed by atoms with E-state index in [4.69, 9.17) is 0 Å². The Labute approximate surface area is 186 Å². The van der Waals surface area contributed by atoms with Crippen LogP contribution in [0.15, 0.2) is 48.5 Å². The van der Waals surface area contributed by atoms with Gasteiger partial charge in [-0.15, -0.1) is 0 Å². The molecule has 0 aromatic heterocycles. The van der Waals surface area contributed by atoms with Gasteiger partial charge in [0, 0.05) is 57.3 Å². The minimum Gasteiger partial charge on any atom is -0.371 e. The molecule has 3 atom stereocenters. The first-order valence-electron chi connectivity index (χ1n) is 11.9. The first-order chi connectivity index (χ1) is 15.0. The molecule has 3 aliphatic heterocycles. The van der Waals surface area contributed by atoms with Crippen LogP contribution < -0.4 is 4.90 Å². The molecule has 31 heavy (non-hydrogen) atoms. The molecule has 3 fully saturated rings. The van der Waals surface area contributed by atoms with E-state index in [1.54, 1.807) is 6.92 Å². The van der Waals surface area contributed by atoms with Gasteiger partial charge in [0.05, 0.1) is 6.04 Å². The van der Waals surface area contributed by atoms with Gasteiger partial charge in [-0.25, -0.2) is 0 Å². The third-order valence-corrected chi connectivity index (χ3v) is 8.04. The number of fused-ring (bicyclic) bond motifs is 1. The fourth-order valence-electron chi connectivity index (χ4n) is 6.41. The van der Waals surface area contributed by atoms with Gasteiger partial charge in [0.25, 0.3) is 0 Å². The molecule has 2 aromatic rings. The zero-order valence-corrected chi connectivity index (χ0v) is 19.1. The Morgan fingerprint density at radius 1 is 0.871 bits per heavy atom. The average molecular weight is 418 g/mol. The van der Waals surface area contributed by atoms with Crippen molar-refractivity contribution in [3.05, 3.63) is 65.2 Å². The number of para-hydroxylation sites is 1. The van der Waals surface area contributed by atoms with Crippen LogP contribution in [-0.4, -0.2) is 54.5 Å². The summed E-state index contributed by atoms with van der Waals surface area (Å²) in [4.78, 5) is 19.9. The number of anilines is 1. The van der Waals surface area contributed by atoms with Crippen LogP contribution >= 0.6 is 0 Å². The molecule has 2 aromatic carbocycles. The van der Waals surface area contributed by atoms with Crippen LogP contribution in [-0.2, 0) is 4.79 Å². The molecule has 3 aliphatic rings. The Morgan fingerprint density at radius 2 is 1.55 bits per heavy atom. The van der Waals surface area contributed by atoms with Crippen LogP contribution in [0, 0.1) is 25.7 Å².